The van der Waals surface area contributed by atoms with Crippen LogP contribution < -0.4 is 10.3 Å². The lowest BCUT2D eigenvalue weighted by Crippen LogP contribution is -2.23. The molecule has 4 heterocycles. The summed E-state index contributed by atoms with van der Waals surface area (Å²) < 4.78 is 20.7. The van der Waals surface area contributed by atoms with E-state index in [1.54, 1.807) is 52.1 Å². The summed E-state index contributed by atoms with van der Waals surface area (Å²) >= 11 is 6.46. The van der Waals surface area contributed by atoms with Crippen LogP contribution in [0.3, 0.4) is 0 Å². The first-order valence-electron chi connectivity index (χ1n) is 11.7. The highest BCUT2D eigenvalue weighted by Crippen LogP contribution is 2.29. The van der Waals surface area contributed by atoms with Crippen LogP contribution in [0, 0.1) is 33.5 Å². The second-order valence-corrected chi connectivity index (χ2v) is 9.97. The largest absolute Gasteiger partial charge is 0.485 e. The highest BCUT2D eigenvalue weighted by atomic mass is 35.5. The van der Waals surface area contributed by atoms with Gasteiger partial charge in [0.2, 0.25) is 0 Å². The monoisotopic (exact) mass is 522 g/mol. The van der Waals surface area contributed by atoms with E-state index in [0.717, 1.165) is 17.3 Å². The molecule has 0 saturated heterocycles. The second kappa shape index (κ2) is 10.0. The van der Waals surface area contributed by atoms with Crippen molar-refractivity contribution in [1.82, 2.24) is 19.5 Å². The van der Waals surface area contributed by atoms with Gasteiger partial charge < -0.3 is 9.84 Å². The molecule has 4 rings (SSSR count). The van der Waals surface area contributed by atoms with Gasteiger partial charge in [0.15, 0.2) is 0 Å². The normalized spacial score (nSPS) is 11.6. The molecule has 9 heteroatoms. The Balaban J connectivity index is 1.75. The predicted octanol–water partition coefficient (Wildman–Crippen LogP) is 5.52. The van der Waals surface area contributed by atoms with E-state index in [9.17, 15) is 14.3 Å². The second-order valence-electron chi connectivity index (χ2n) is 9.59. The van der Waals surface area contributed by atoms with E-state index in [0.29, 0.717) is 39.7 Å². The van der Waals surface area contributed by atoms with E-state index in [1.807, 2.05) is 19.9 Å². The van der Waals surface area contributed by atoms with Crippen molar-refractivity contribution in [3.63, 3.8) is 0 Å². The van der Waals surface area contributed by atoms with Gasteiger partial charge in [-0.25, -0.2) is 9.37 Å². The molecular weight excluding hydrogens is 495 g/mol. The highest BCUT2D eigenvalue weighted by molar-refractivity contribution is 6.31. The van der Waals surface area contributed by atoms with Crippen molar-refractivity contribution in [1.29, 1.82) is 0 Å². The van der Waals surface area contributed by atoms with Crippen LogP contribution in [0.15, 0.2) is 47.5 Å². The fourth-order valence-corrected chi connectivity index (χ4v) is 4.16. The number of aromatic nitrogens is 4. The third kappa shape index (κ3) is 5.40. The zero-order valence-corrected chi connectivity index (χ0v) is 22.3. The van der Waals surface area contributed by atoms with Crippen LogP contribution in [-0.4, -0.2) is 24.6 Å². The lowest BCUT2D eigenvalue weighted by molar-refractivity contribution is 0.0739. The van der Waals surface area contributed by atoms with E-state index < -0.39 is 17.0 Å². The van der Waals surface area contributed by atoms with Gasteiger partial charge in [0.25, 0.3) is 5.56 Å². The summed E-state index contributed by atoms with van der Waals surface area (Å²) in [5.74, 6) is -0.213. The van der Waals surface area contributed by atoms with Crippen molar-refractivity contribution in [3.05, 3.63) is 97.7 Å². The highest BCUT2D eigenvalue weighted by Gasteiger charge is 2.21. The summed E-state index contributed by atoms with van der Waals surface area (Å²) in [6, 6.07) is 8.50. The molecule has 0 aromatic carbocycles. The van der Waals surface area contributed by atoms with Gasteiger partial charge in [-0.2, -0.15) is 0 Å². The lowest BCUT2D eigenvalue weighted by Gasteiger charge is -2.19. The SMILES string of the molecule is Cc1cnc(-c2nc(C(C)(C)O)ccc2C)cc1-n1c(C)cc(OCc2ncc(F)cc2C)c(Cl)c1=O. The molecule has 0 bridgehead atoms. The number of hydrogen-bond acceptors (Lipinski definition) is 6. The van der Waals surface area contributed by atoms with E-state index in [1.165, 1.54) is 10.6 Å². The summed E-state index contributed by atoms with van der Waals surface area (Å²) in [5, 5.41) is 10.3. The van der Waals surface area contributed by atoms with Gasteiger partial charge in [-0.1, -0.05) is 17.7 Å². The minimum absolute atomic E-state index is 0.0374. The van der Waals surface area contributed by atoms with Crippen LogP contribution >= 0.6 is 11.6 Å². The number of hydrogen-bond donors (Lipinski definition) is 1. The standard InChI is InChI=1S/C28H28ClFN4O3/c1-15-7-8-24(28(5,6)36)33-26(15)20-11-22(17(3)12-31-20)34-18(4)10-23(25(29)27(34)35)37-14-21-16(2)9-19(30)13-32-21/h7-13,36H,14H2,1-6H3. The lowest BCUT2D eigenvalue weighted by atomic mass is 10.0. The molecule has 4 aromatic rings. The Hall–Kier alpha value is -3.62. The summed E-state index contributed by atoms with van der Waals surface area (Å²) in [6.07, 6.45) is 2.80. The van der Waals surface area contributed by atoms with Gasteiger partial charge in [0, 0.05) is 18.0 Å². The Morgan fingerprint density at radius 1 is 1.03 bits per heavy atom. The zero-order valence-electron chi connectivity index (χ0n) is 21.6. The van der Waals surface area contributed by atoms with E-state index in [-0.39, 0.29) is 17.4 Å². The molecule has 0 radical (unpaired) electrons. The topological polar surface area (TPSA) is 90.1 Å². The molecule has 4 aromatic heterocycles. The van der Waals surface area contributed by atoms with Gasteiger partial charge in [-0.3, -0.25) is 19.3 Å². The van der Waals surface area contributed by atoms with Gasteiger partial charge in [0.05, 0.1) is 34.7 Å². The summed E-state index contributed by atoms with van der Waals surface area (Å²) in [6.45, 7) is 10.7. The molecule has 0 fully saturated rings. The van der Waals surface area contributed by atoms with Gasteiger partial charge in [-0.15, -0.1) is 0 Å². The first-order chi connectivity index (χ1) is 17.4. The number of rotatable bonds is 6. The van der Waals surface area contributed by atoms with Crippen molar-refractivity contribution in [2.45, 2.75) is 53.8 Å². The number of nitrogens with zero attached hydrogens (tertiary/aromatic N) is 4. The molecule has 0 aliphatic heterocycles. The number of pyridine rings is 4. The summed E-state index contributed by atoms with van der Waals surface area (Å²) in [4.78, 5) is 26.6. The van der Waals surface area contributed by atoms with Crippen LogP contribution in [0.1, 0.15) is 47.6 Å². The maximum Gasteiger partial charge on any atom is 0.277 e. The minimum atomic E-state index is -1.12. The molecule has 0 spiro atoms. The Morgan fingerprint density at radius 3 is 2.43 bits per heavy atom. The molecule has 192 valence electrons. The Labute approximate surface area is 219 Å². The fraction of sp³-hybridized carbons (Fsp3) is 0.286. The number of ether oxygens (including phenoxy) is 1. The predicted molar refractivity (Wildman–Crippen MR) is 141 cm³/mol. The third-order valence-corrected chi connectivity index (χ3v) is 6.45. The van der Waals surface area contributed by atoms with Crippen LogP contribution in [0.25, 0.3) is 17.1 Å². The maximum absolute atomic E-state index is 13.4. The molecule has 0 amide bonds. The number of halogens is 2. The number of aryl methyl sites for hydroxylation is 4. The average molecular weight is 523 g/mol. The van der Waals surface area contributed by atoms with E-state index >= 15 is 0 Å². The van der Waals surface area contributed by atoms with Crippen molar-refractivity contribution in [3.8, 4) is 22.8 Å². The molecule has 0 aliphatic carbocycles. The molecule has 37 heavy (non-hydrogen) atoms. The molecule has 0 unspecified atom stereocenters. The summed E-state index contributed by atoms with van der Waals surface area (Å²) in [5.41, 5.74) is 4.15. The van der Waals surface area contributed by atoms with E-state index in [4.69, 9.17) is 16.3 Å². The van der Waals surface area contributed by atoms with Gasteiger partial charge >= 0.3 is 0 Å². The molecular formula is C28H28ClFN4O3. The van der Waals surface area contributed by atoms with Crippen LogP contribution in [0.5, 0.6) is 5.75 Å². The molecule has 0 saturated carbocycles. The smallest absolute Gasteiger partial charge is 0.277 e. The van der Waals surface area contributed by atoms with Crippen molar-refractivity contribution in [2.75, 3.05) is 0 Å². The van der Waals surface area contributed by atoms with Crippen LogP contribution in [-0.2, 0) is 12.2 Å². The van der Waals surface area contributed by atoms with Gasteiger partial charge in [0.1, 0.15) is 28.8 Å². The Morgan fingerprint density at radius 2 is 1.76 bits per heavy atom. The van der Waals surface area contributed by atoms with Gasteiger partial charge in [-0.05, 0) is 76.4 Å². The maximum atomic E-state index is 13.4. The number of aliphatic hydroxyl groups is 1. The molecule has 7 nitrogen and oxygen atoms in total. The average Bonchev–Trinajstić information content (AvgIpc) is 2.82. The molecule has 0 aliphatic rings. The van der Waals surface area contributed by atoms with Crippen molar-refractivity contribution >= 4 is 11.6 Å². The molecule has 0 atom stereocenters. The first kappa shape index (κ1) is 26.4. The van der Waals surface area contributed by atoms with Crippen molar-refractivity contribution < 1.29 is 14.2 Å². The quantitative estimate of drug-likeness (QED) is 0.358. The van der Waals surface area contributed by atoms with E-state index in [2.05, 4.69) is 15.0 Å². The van der Waals surface area contributed by atoms with Crippen LogP contribution in [0.4, 0.5) is 4.39 Å². The Kier molecular flexibility index (Phi) is 7.17. The zero-order chi connectivity index (χ0) is 27.1. The first-order valence-corrected chi connectivity index (χ1v) is 12.1. The van der Waals surface area contributed by atoms with Crippen LogP contribution in [0.2, 0.25) is 5.02 Å². The molecule has 1 N–H and O–H groups in total. The minimum Gasteiger partial charge on any atom is -0.485 e. The van der Waals surface area contributed by atoms with Crippen molar-refractivity contribution in [2.24, 2.45) is 0 Å². The third-order valence-electron chi connectivity index (χ3n) is 6.10. The fourth-order valence-electron chi connectivity index (χ4n) is 3.96. The summed E-state index contributed by atoms with van der Waals surface area (Å²) in [7, 11) is 0. The Bertz CT molecular complexity index is 1560.